The van der Waals surface area contributed by atoms with E-state index in [1.807, 2.05) is 17.4 Å². The minimum atomic E-state index is 0.574. The predicted molar refractivity (Wildman–Crippen MR) is 115 cm³/mol. The molecule has 1 unspecified atom stereocenters. The van der Waals surface area contributed by atoms with Crippen LogP contribution in [0.2, 0.25) is 0 Å². The number of benzene rings is 1. The summed E-state index contributed by atoms with van der Waals surface area (Å²) in [6.45, 7) is 2.34. The van der Waals surface area contributed by atoms with Gasteiger partial charge in [-0.2, -0.15) is 0 Å². The van der Waals surface area contributed by atoms with Crippen LogP contribution in [-0.4, -0.2) is 25.8 Å². The fourth-order valence-corrected chi connectivity index (χ4v) is 6.76. The third kappa shape index (κ3) is 2.96. The van der Waals surface area contributed by atoms with Crippen LogP contribution >= 0.6 is 34.9 Å². The maximum Gasteiger partial charge on any atom is 0.198 e. The van der Waals surface area contributed by atoms with Crippen LogP contribution in [0.4, 0.5) is 0 Å². The van der Waals surface area contributed by atoms with E-state index in [0.29, 0.717) is 5.92 Å². The summed E-state index contributed by atoms with van der Waals surface area (Å²) in [7, 11) is 0. The number of hydrogen-bond acceptors (Lipinski definition) is 6. The van der Waals surface area contributed by atoms with Gasteiger partial charge in [0, 0.05) is 10.6 Å². The van der Waals surface area contributed by atoms with Crippen LogP contribution in [0.3, 0.4) is 0 Å². The quantitative estimate of drug-likeness (QED) is 0.313. The van der Waals surface area contributed by atoms with E-state index in [0.717, 1.165) is 26.5 Å². The van der Waals surface area contributed by atoms with Gasteiger partial charge in [0.05, 0.1) is 5.39 Å². The lowest BCUT2D eigenvalue weighted by Gasteiger charge is -2.18. The number of aromatic nitrogens is 4. The van der Waals surface area contributed by atoms with Crippen LogP contribution < -0.4 is 0 Å². The Morgan fingerprint density at radius 1 is 1.19 bits per heavy atom. The highest BCUT2D eigenvalue weighted by Gasteiger charge is 2.26. The van der Waals surface area contributed by atoms with Gasteiger partial charge in [-0.1, -0.05) is 60.8 Å². The van der Waals surface area contributed by atoms with Gasteiger partial charge >= 0.3 is 0 Å². The van der Waals surface area contributed by atoms with Crippen molar-refractivity contribution in [1.82, 2.24) is 19.6 Å². The molecule has 0 saturated carbocycles. The first-order valence-electron chi connectivity index (χ1n) is 9.17. The van der Waals surface area contributed by atoms with Gasteiger partial charge in [0.25, 0.3) is 0 Å². The van der Waals surface area contributed by atoms with E-state index in [1.165, 1.54) is 40.7 Å². The van der Waals surface area contributed by atoms with Crippen molar-refractivity contribution < 1.29 is 0 Å². The summed E-state index contributed by atoms with van der Waals surface area (Å²) in [5.74, 6) is 1.45. The lowest BCUT2D eigenvalue weighted by atomic mass is 9.87. The second kappa shape index (κ2) is 7.11. The van der Waals surface area contributed by atoms with Gasteiger partial charge in [0.2, 0.25) is 0 Å². The topological polar surface area (TPSA) is 43.1 Å². The Balaban J connectivity index is 1.66. The molecular weight excluding hydrogens is 392 g/mol. The molecule has 0 spiro atoms. The average molecular weight is 413 g/mol. The highest BCUT2D eigenvalue weighted by Crippen LogP contribution is 2.44. The number of aryl methyl sites for hydroxylation is 1. The molecular formula is C20H20N4S3. The first-order chi connectivity index (χ1) is 13.3. The molecule has 138 valence electrons. The summed E-state index contributed by atoms with van der Waals surface area (Å²) in [4.78, 5) is 7.62. The van der Waals surface area contributed by atoms with E-state index in [1.54, 1.807) is 23.5 Å². The van der Waals surface area contributed by atoms with Crippen molar-refractivity contribution in [3.8, 4) is 0 Å². The van der Waals surface area contributed by atoms with Crippen molar-refractivity contribution in [3.05, 3.63) is 46.3 Å². The third-order valence-electron chi connectivity index (χ3n) is 5.18. The lowest BCUT2D eigenvalue weighted by molar-refractivity contribution is 0.602. The Hall–Kier alpha value is -1.57. The van der Waals surface area contributed by atoms with Crippen molar-refractivity contribution in [3.63, 3.8) is 0 Å². The summed E-state index contributed by atoms with van der Waals surface area (Å²) >= 11 is 5.25. The van der Waals surface area contributed by atoms with Gasteiger partial charge in [-0.05, 0) is 42.6 Å². The molecule has 1 aromatic carbocycles. The predicted octanol–water partition coefficient (Wildman–Crippen LogP) is 5.79. The van der Waals surface area contributed by atoms with E-state index in [-0.39, 0.29) is 0 Å². The van der Waals surface area contributed by atoms with Crippen molar-refractivity contribution in [2.75, 3.05) is 6.26 Å². The molecule has 4 aromatic rings. The van der Waals surface area contributed by atoms with Gasteiger partial charge in [0.1, 0.15) is 4.83 Å². The average Bonchev–Trinajstić information content (AvgIpc) is 3.28. The van der Waals surface area contributed by atoms with Crippen LogP contribution in [0, 0.1) is 0 Å². The highest BCUT2D eigenvalue weighted by molar-refractivity contribution is 7.99. The molecule has 3 heterocycles. The van der Waals surface area contributed by atoms with E-state index >= 15 is 0 Å². The molecule has 1 aliphatic carbocycles. The molecule has 3 aromatic heterocycles. The number of rotatable bonds is 4. The molecule has 1 atom stereocenters. The zero-order valence-corrected chi connectivity index (χ0v) is 17.8. The summed E-state index contributed by atoms with van der Waals surface area (Å²) in [6.07, 6.45) is 5.77. The van der Waals surface area contributed by atoms with Gasteiger partial charge < -0.3 is 0 Å². The SMILES string of the molecule is CSc1nc2sc3c(c2c2nnc(SCc4ccccc4)n12)C(C)CCC3. The van der Waals surface area contributed by atoms with Crippen LogP contribution in [0.1, 0.15) is 41.7 Å². The van der Waals surface area contributed by atoms with Crippen molar-refractivity contribution >= 4 is 50.7 Å². The Kier molecular flexibility index (Phi) is 4.61. The smallest absolute Gasteiger partial charge is 0.198 e. The molecule has 4 nitrogen and oxygen atoms in total. The largest absolute Gasteiger partial charge is 0.248 e. The second-order valence-electron chi connectivity index (χ2n) is 6.93. The lowest BCUT2D eigenvalue weighted by Crippen LogP contribution is -2.04. The molecule has 0 radical (unpaired) electrons. The van der Waals surface area contributed by atoms with Gasteiger partial charge in [-0.3, -0.25) is 0 Å². The van der Waals surface area contributed by atoms with Crippen LogP contribution in [0.15, 0.2) is 40.6 Å². The first kappa shape index (κ1) is 17.5. The Labute approximate surface area is 170 Å². The molecule has 7 heteroatoms. The molecule has 0 N–H and O–H groups in total. The number of hydrogen-bond donors (Lipinski definition) is 0. The van der Waals surface area contributed by atoms with E-state index < -0.39 is 0 Å². The summed E-state index contributed by atoms with van der Waals surface area (Å²) in [5.41, 5.74) is 3.74. The van der Waals surface area contributed by atoms with E-state index in [9.17, 15) is 0 Å². The van der Waals surface area contributed by atoms with Gasteiger partial charge in [0.15, 0.2) is 16.0 Å². The van der Waals surface area contributed by atoms with Crippen LogP contribution in [0.25, 0.3) is 15.9 Å². The second-order valence-corrected chi connectivity index (χ2v) is 9.73. The standard InChI is InChI=1S/C20H20N4S3/c1-12-7-6-10-14-15(12)16-17-22-23-20(26-11-13-8-4-3-5-9-13)24(17)19(25-2)21-18(16)27-14/h3-5,8-9,12H,6-7,10-11H2,1-2H3. The molecule has 1 aliphatic rings. The number of nitrogens with zero attached hydrogens (tertiary/aromatic N) is 4. The van der Waals surface area contributed by atoms with Crippen LogP contribution in [-0.2, 0) is 12.2 Å². The zero-order valence-electron chi connectivity index (χ0n) is 15.3. The zero-order chi connectivity index (χ0) is 18.4. The molecule has 0 fully saturated rings. The minimum absolute atomic E-state index is 0.574. The van der Waals surface area contributed by atoms with Crippen molar-refractivity contribution in [2.45, 2.75) is 48.2 Å². The molecule has 0 bridgehead atoms. The summed E-state index contributed by atoms with van der Waals surface area (Å²) < 4.78 is 2.16. The monoisotopic (exact) mass is 412 g/mol. The summed E-state index contributed by atoms with van der Waals surface area (Å²) in [5, 5.41) is 12.3. The maximum atomic E-state index is 5.00. The molecule has 0 amide bonds. The normalized spacial score (nSPS) is 16.9. The molecule has 0 aliphatic heterocycles. The van der Waals surface area contributed by atoms with Crippen molar-refractivity contribution in [2.24, 2.45) is 0 Å². The van der Waals surface area contributed by atoms with Crippen molar-refractivity contribution in [1.29, 1.82) is 0 Å². The Morgan fingerprint density at radius 3 is 2.85 bits per heavy atom. The maximum absolute atomic E-state index is 5.00. The molecule has 27 heavy (non-hydrogen) atoms. The van der Waals surface area contributed by atoms with Gasteiger partial charge in [-0.15, -0.1) is 21.5 Å². The Bertz CT molecular complexity index is 1120. The molecule has 0 saturated heterocycles. The first-order valence-corrected chi connectivity index (χ1v) is 12.2. The number of thioether (sulfide) groups is 2. The minimum Gasteiger partial charge on any atom is -0.248 e. The molecule has 5 rings (SSSR count). The van der Waals surface area contributed by atoms with Gasteiger partial charge in [-0.25, -0.2) is 9.38 Å². The number of thiophene rings is 1. The highest BCUT2D eigenvalue weighted by atomic mass is 32.2. The van der Waals surface area contributed by atoms with E-state index in [4.69, 9.17) is 4.98 Å². The van der Waals surface area contributed by atoms with E-state index in [2.05, 4.69) is 52.0 Å². The fourth-order valence-electron chi connectivity index (χ4n) is 3.89. The van der Waals surface area contributed by atoms with Crippen LogP contribution in [0.5, 0.6) is 0 Å². The third-order valence-corrected chi connectivity index (χ3v) is 7.97. The Morgan fingerprint density at radius 2 is 2.04 bits per heavy atom. The summed E-state index contributed by atoms with van der Waals surface area (Å²) in [6, 6.07) is 10.5. The number of fused-ring (bicyclic) bond motifs is 5. The fraction of sp³-hybridized carbons (Fsp3) is 0.350.